The van der Waals surface area contributed by atoms with Crippen molar-refractivity contribution in [3.8, 4) is 0 Å². The Bertz CT molecular complexity index is 573. The van der Waals surface area contributed by atoms with E-state index in [4.69, 9.17) is 11.6 Å². The zero-order valence-corrected chi connectivity index (χ0v) is 14.1. The normalized spacial score (nSPS) is 12.7. The molecule has 0 saturated heterocycles. The van der Waals surface area contributed by atoms with Crippen molar-refractivity contribution < 1.29 is 4.39 Å². The van der Waals surface area contributed by atoms with Crippen LogP contribution >= 0.6 is 54.8 Å². The van der Waals surface area contributed by atoms with Gasteiger partial charge in [-0.2, -0.15) is 0 Å². The van der Waals surface area contributed by atoms with E-state index in [0.717, 1.165) is 8.66 Å². The molecule has 1 aromatic carbocycles. The van der Waals surface area contributed by atoms with Crippen LogP contribution in [-0.2, 0) is 0 Å². The van der Waals surface area contributed by atoms with Crippen molar-refractivity contribution in [3.05, 3.63) is 53.8 Å². The molecule has 0 radical (unpaired) electrons. The van der Waals surface area contributed by atoms with E-state index >= 15 is 0 Å². The van der Waals surface area contributed by atoms with Gasteiger partial charge in [-0.05, 0) is 63.2 Å². The molecule has 0 amide bonds. The second-order valence-electron chi connectivity index (χ2n) is 3.65. The summed E-state index contributed by atoms with van der Waals surface area (Å²) in [5.74, 6) is -0.282. The van der Waals surface area contributed by atoms with Crippen LogP contribution in [0.3, 0.4) is 0 Å². The lowest BCUT2D eigenvalue weighted by atomic mass is 10.1. The van der Waals surface area contributed by atoms with Crippen LogP contribution in [0.15, 0.2) is 32.5 Å². The molecule has 0 saturated carbocycles. The van der Waals surface area contributed by atoms with E-state index in [0.29, 0.717) is 15.1 Å². The second kappa shape index (κ2) is 6.01. The van der Waals surface area contributed by atoms with Gasteiger partial charge in [0.1, 0.15) is 5.82 Å². The molecule has 96 valence electrons. The molecule has 1 nitrogen and oxygen atoms in total. The lowest BCUT2D eigenvalue weighted by Crippen LogP contribution is -2.17. The maximum atomic E-state index is 14.0. The Morgan fingerprint density at radius 1 is 1.33 bits per heavy atom. The van der Waals surface area contributed by atoms with Gasteiger partial charge in [0.15, 0.2) is 0 Å². The topological polar surface area (TPSA) is 12.0 Å². The molecule has 1 aromatic heterocycles. The fourth-order valence-corrected chi connectivity index (χ4v) is 3.73. The first kappa shape index (κ1) is 14.5. The van der Waals surface area contributed by atoms with Crippen molar-refractivity contribution in [2.24, 2.45) is 0 Å². The molecule has 0 spiro atoms. The lowest BCUT2D eigenvalue weighted by molar-refractivity contribution is 0.578. The number of hydrogen-bond donors (Lipinski definition) is 1. The smallest absolute Gasteiger partial charge is 0.129 e. The fraction of sp³-hybridized carbons (Fsp3) is 0.167. The summed E-state index contributed by atoms with van der Waals surface area (Å²) >= 11 is 14.2. The van der Waals surface area contributed by atoms with Gasteiger partial charge in [-0.15, -0.1) is 11.3 Å². The van der Waals surface area contributed by atoms with Crippen molar-refractivity contribution in [3.63, 3.8) is 0 Å². The van der Waals surface area contributed by atoms with Gasteiger partial charge < -0.3 is 5.32 Å². The number of nitrogens with one attached hydrogen (secondary N) is 1. The summed E-state index contributed by atoms with van der Waals surface area (Å²) in [4.78, 5) is 1.03. The van der Waals surface area contributed by atoms with Crippen molar-refractivity contribution in [2.45, 2.75) is 6.04 Å². The third kappa shape index (κ3) is 2.96. The fourth-order valence-electron chi connectivity index (χ4n) is 1.69. The van der Waals surface area contributed by atoms with Gasteiger partial charge in [0, 0.05) is 14.9 Å². The Labute approximate surface area is 131 Å². The maximum absolute atomic E-state index is 14.0. The van der Waals surface area contributed by atoms with Gasteiger partial charge in [-0.1, -0.05) is 11.6 Å². The maximum Gasteiger partial charge on any atom is 0.129 e. The van der Waals surface area contributed by atoms with E-state index in [-0.39, 0.29) is 11.9 Å². The molecule has 2 rings (SSSR count). The average molecular weight is 414 g/mol. The predicted molar refractivity (Wildman–Crippen MR) is 82.0 cm³/mol. The van der Waals surface area contributed by atoms with Gasteiger partial charge in [0.2, 0.25) is 0 Å². The highest BCUT2D eigenvalue weighted by molar-refractivity contribution is 9.11. The molecule has 1 unspecified atom stereocenters. The molecular formula is C12H9Br2ClFNS. The first-order valence-corrected chi connectivity index (χ1v) is 7.88. The van der Waals surface area contributed by atoms with E-state index in [9.17, 15) is 4.39 Å². The molecular weight excluding hydrogens is 404 g/mol. The molecule has 1 heterocycles. The van der Waals surface area contributed by atoms with E-state index < -0.39 is 0 Å². The Kier molecular flexibility index (Phi) is 4.83. The van der Waals surface area contributed by atoms with Crippen molar-refractivity contribution in [2.75, 3.05) is 7.05 Å². The Hall–Kier alpha value is 0.0600. The Morgan fingerprint density at radius 2 is 2.06 bits per heavy atom. The molecule has 2 aromatic rings. The molecule has 6 heteroatoms. The molecule has 0 bridgehead atoms. The summed E-state index contributed by atoms with van der Waals surface area (Å²) < 4.78 is 15.6. The minimum absolute atomic E-state index is 0.202. The highest BCUT2D eigenvalue weighted by Gasteiger charge is 2.19. The summed E-state index contributed by atoms with van der Waals surface area (Å²) in [7, 11) is 1.80. The van der Waals surface area contributed by atoms with Crippen LogP contribution in [0.5, 0.6) is 0 Å². The van der Waals surface area contributed by atoms with Crippen LogP contribution in [-0.4, -0.2) is 7.05 Å². The van der Waals surface area contributed by atoms with Crippen LogP contribution in [0.1, 0.15) is 16.5 Å². The van der Waals surface area contributed by atoms with E-state index in [1.165, 1.54) is 6.07 Å². The van der Waals surface area contributed by atoms with Crippen LogP contribution in [0.25, 0.3) is 0 Å². The van der Waals surface area contributed by atoms with E-state index in [2.05, 4.69) is 37.2 Å². The number of halogens is 4. The Balaban J connectivity index is 2.48. The zero-order valence-electron chi connectivity index (χ0n) is 9.31. The zero-order chi connectivity index (χ0) is 13.3. The highest BCUT2D eigenvalue weighted by atomic mass is 79.9. The van der Waals surface area contributed by atoms with Crippen molar-refractivity contribution in [1.29, 1.82) is 0 Å². The van der Waals surface area contributed by atoms with Crippen LogP contribution < -0.4 is 5.32 Å². The van der Waals surface area contributed by atoms with Crippen molar-refractivity contribution >= 4 is 54.8 Å². The minimum Gasteiger partial charge on any atom is -0.309 e. The number of thiophene rings is 1. The third-order valence-electron chi connectivity index (χ3n) is 2.52. The quantitative estimate of drug-likeness (QED) is 0.667. The van der Waals surface area contributed by atoms with Crippen LogP contribution in [0.2, 0.25) is 5.02 Å². The highest BCUT2D eigenvalue weighted by Crippen LogP contribution is 2.35. The largest absolute Gasteiger partial charge is 0.309 e. The molecule has 18 heavy (non-hydrogen) atoms. The summed E-state index contributed by atoms with van der Waals surface area (Å²) in [6.07, 6.45) is 0. The number of rotatable bonds is 3. The summed E-state index contributed by atoms with van der Waals surface area (Å²) in [6.45, 7) is 0. The predicted octanol–water partition coefficient (Wildman–Crippen LogP) is 5.37. The number of hydrogen-bond acceptors (Lipinski definition) is 2. The van der Waals surface area contributed by atoms with Gasteiger partial charge in [0.05, 0.1) is 14.9 Å². The minimum atomic E-state index is -0.282. The van der Waals surface area contributed by atoms with Gasteiger partial charge in [-0.3, -0.25) is 0 Å². The van der Waals surface area contributed by atoms with Gasteiger partial charge in [0.25, 0.3) is 0 Å². The first-order valence-electron chi connectivity index (χ1n) is 5.10. The second-order valence-corrected chi connectivity index (χ2v) is 7.41. The van der Waals surface area contributed by atoms with Crippen LogP contribution in [0, 0.1) is 5.82 Å². The monoisotopic (exact) mass is 411 g/mol. The lowest BCUT2D eigenvalue weighted by Gasteiger charge is -2.16. The SMILES string of the molecule is CNC(c1ccc(Br)s1)c1cc(Cl)c(Br)cc1F. The summed E-state index contributed by atoms with van der Waals surface area (Å²) in [6, 6.07) is 6.75. The molecule has 1 N–H and O–H groups in total. The number of benzene rings is 1. The average Bonchev–Trinajstić information content (AvgIpc) is 2.73. The van der Waals surface area contributed by atoms with Gasteiger partial charge in [-0.25, -0.2) is 4.39 Å². The Morgan fingerprint density at radius 3 is 2.61 bits per heavy atom. The first-order chi connectivity index (χ1) is 8.52. The molecule has 0 fully saturated rings. The van der Waals surface area contributed by atoms with E-state index in [1.807, 2.05) is 12.1 Å². The van der Waals surface area contributed by atoms with Crippen molar-refractivity contribution in [1.82, 2.24) is 5.32 Å². The van der Waals surface area contributed by atoms with Crippen LogP contribution in [0.4, 0.5) is 4.39 Å². The standard InChI is InChI=1S/C12H9Br2ClFNS/c1-17-12(10-2-3-11(14)18-10)6-4-8(15)7(13)5-9(6)16/h2-5,12,17H,1H3. The summed E-state index contributed by atoms with van der Waals surface area (Å²) in [5, 5.41) is 3.61. The molecule has 0 aliphatic carbocycles. The van der Waals surface area contributed by atoms with E-state index in [1.54, 1.807) is 24.5 Å². The van der Waals surface area contributed by atoms with Gasteiger partial charge >= 0.3 is 0 Å². The molecule has 0 aliphatic heterocycles. The molecule has 0 aliphatic rings. The molecule has 1 atom stereocenters. The summed E-state index contributed by atoms with van der Waals surface area (Å²) in [5.41, 5.74) is 0.542. The third-order valence-corrected chi connectivity index (χ3v) is 5.40.